The van der Waals surface area contributed by atoms with Crippen molar-refractivity contribution in [3.05, 3.63) is 71.8 Å². The molecule has 0 spiro atoms. The molecule has 0 aliphatic carbocycles. The highest BCUT2D eigenvalue weighted by Crippen LogP contribution is 2.21. The van der Waals surface area contributed by atoms with Gasteiger partial charge in [0.05, 0.1) is 11.1 Å². The van der Waals surface area contributed by atoms with Crippen molar-refractivity contribution in [3.8, 4) is 11.5 Å². The molecule has 23 heavy (non-hydrogen) atoms. The van der Waals surface area contributed by atoms with Crippen LogP contribution >= 0.6 is 0 Å². The summed E-state index contributed by atoms with van der Waals surface area (Å²) >= 11 is 0. The highest BCUT2D eigenvalue weighted by atomic mass is 16.5. The molecule has 0 bridgehead atoms. The number of phenolic OH excluding ortho intramolecular Hbond substituents is 1. The molecule has 0 atom stereocenters. The van der Waals surface area contributed by atoms with Gasteiger partial charge in [0, 0.05) is 0 Å². The van der Waals surface area contributed by atoms with Crippen LogP contribution in [0.25, 0.3) is 10.8 Å². The number of fused-ring (bicyclic) bond motifs is 1. The maximum atomic E-state index is 12.1. The summed E-state index contributed by atoms with van der Waals surface area (Å²) in [7, 11) is 0. The van der Waals surface area contributed by atoms with Crippen LogP contribution in [-0.4, -0.2) is 22.2 Å². The van der Waals surface area contributed by atoms with Crippen LogP contribution < -0.4 is 4.74 Å². The zero-order chi connectivity index (χ0) is 16.4. The first-order chi connectivity index (χ1) is 11.0. The largest absolute Gasteiger partial charge is 0.508 e. The van der Waals surface area contributed by atoms with Crippen LogP contribution in [0.15, 0.2) is 60.7 Å². The van der Waals surface area contributed by atoms with E-state index in [4.69, 9.17) is 9.84 Å². The van der Waals surface area contributed by atoms with Crippen LogP contribution in [0.1, 0.15) is 20.7 Å². The minimum absolute atomic E-state index is 0.0877. The van der Waals surface area contributed by atoms with E-state index in [0.717, 1.165) is 10.8 Å². The number of carbonyl (C=O) groups excluding carboxylic acids is 1. The molecular weight excluding hydrogens is 296 g/mol. The first-order valence-corrected chi connectivity index (χ1v) is 6.81. The zero-order valence-electron chi connectivity index (χ0n) is 11.9. The van der Waals surface area contributed by atoms with Crippen molar-refractivity contribution >= 4 is 22.7 Å². The van der Waals surface area contributed by atoms with Gasteiger partial charge in [-0.05, 0) is 59.3 Å². The van der Waals surface area contributed by atoms with Crippen molar-refractivity contribution in [2.24, 2.45) is 0 Å². The van der Waals surface area contributed by atoms with Gasteiger partial charge in [0.15, 0.2) is 0 Å². The zero-order valence-corrected chi connectivity index (χ0v) is 11.9. The molecule has 0 heterocycles. The summed E-state index contributed by atoms with van der Waals surface area (Å²) in [5.74, 6) is -1.11. The van der Waals surface area contributed by atoms with Crippen molar-refractivity contribution < 1.29 is 24.5 Å². The second-order valence-corrected chi connectivity index (χ2v) is 4.97. The Morgan fingerprint density at radius 3 is 1.96 bits per heavy atom. The number of hydrogen-bond acceptors (Lipinski definition) is 4. The Bertz CT molecular complexity index is 897. The molecule has 3 aromatic rings. The van der Waals surface area contributed by atoms with Crippen LogP contribution in [0.2, 0.25) is 0 Å². The molecule has 5 nitrogen and oxygen atoms in total. The molecule has 2 N–H and O–H groups in total. The number of phenols is 1. The van der Waals surface area contributed by atoms with Crippen LogP contribution in [0.4, 0.5) is 0 Å². The lowest BCUT2D eigenvalue weighted by atomic mass is 10.0. The maximum absolute atomic E-state index is 12.1. The van der Waals surface area contributed by atoms with E-state index in [1.54, 1.807) is 30.3 Å². The quantitative estimate of drug-likeness (QED) is 0.572. The number of aromatic hydroxyl groups is 1. The predicted octanol–water partition coefficient (Wildman–Crippen LogP) is 3.46. The normalized spacial score (nSPS) is 10.4. The average molecular weight is 308 g/mol. The van der Waals surface area contributed by atoms with Gasteiger partial charge in [-0.15, -0.1) is 0 Å². The first-order valence-electron chi connectivity index (χ1n) is 6.81. The molecule has 3 rings (SSSR count). The third-order valence-electron chi connectivity index (χ3n) is 3.37. The summed E-state index contributed by atoms with van der Waals surface area (Å²) in [6.45, 7) is 0. The fraction of sp³-hybridized carbons (Fsp3) is 0. The van der Waals surface area contributed by atoms with E-state index in [9.17, 15) is 14.7 Å². The third-order valence-corrected chi connectivity index (χ3v) is 3.37. The fourth-order valence-electron chi connectivity index (χ4n) is 2.19. The summed E-state index contributed by atoms with van der Waals surface area (Å²) in [4.78, 5) is 23.1. The molecule has 0 aliphatic heterocycles. The van der Waals surface area contributed by atoms with Gasteiger partial charge in [0.2, 0.25) is 0 Å². The Labute approximate surface area is 131 Å². The Hall–Kier alpha value is -3.34. The van der Waals surface area contributed by atoms with Crippen LogP contribution in [0.3, 0.4) is 0 Å². The summed E-state index contributed by atoms with van der Waals surface area (Å²) in [5, 5.41) is 19.7. The molecular formula is C18H12O5. The molecule has 0 unspecified atom stereocenters. The van der Waals surface area contributed by atoms with E-state index in [-0.39, 0.29) is 11.3 Å². The van der Waals surface area contributed by atoms with Gasteiger partial charge in [-0.25, -0.2) is 9.59 Å². The van der Waals surface area contributed by atoms with Gasteiger partial charge < -0.3 is 14.9 Å². The lowest BCUT2D eigenvalue weighted by molar-refractivity contribution is 0.0694. The number of benzene rings is 3. The summed E-state index contributed by atoms with van der Waals surface area (Å²) in [6.07, 6.45) is 0. The number of carboxylic acid groups (broad SMARTS) is 1. The first kappa shape index (κ1) is 14.6. The van der Waals surface area contributed by atoms with Gasteiger partial charge in [-0.3, -0.25) is 0 Å². The summed E-state index contributed by atoms with van der Waals surface area (Å²) in [6, 6.07) is 15.4. The molecule has 0 radical (unpaired) electrons. The minimum atomic E-state index is -0.997. The molecule has 0 amide bonds. The van der Waals surface area contributed by atoms with Crippen molar-refractivity contribution in [1.82, 2.24) is 0 Å². The monoisotopic (exact) mass is 308 g/mol. The predicted molar refractivity (Wildman–Crippen MR) is 84.0 cm³/mol. The number of esters is 1. The SMILES string of the molecule is O=C(O)c1ccc2cc(C(=O)Oc3ccc(O)cc3)ccc2c1. The van der Waals surface area contributed by atoms with Crippen LogP contribution in [-0.2, 0) is 0 Å². The molecule has 114 valence electrons. The number of hydrogen-bond donors (Lipinski definition) is 2. The van der Waals surface area contributed by atoms with E-state index >= 15 is 0 Å². The van der Waals surface area contributed by atoms with E-state index < -0.39 is 11.9 Å². The van der Waals surface area contributed by atoms with E-state index in [1.165, 1.54) is 30.3 Å². The lowest BCUT2D eigenvalue weighted by Gasteiger charge is -2.06. The molecule has 3 aromatic carbocycles. The number of rotatable bonds is 3. The van der Waals surface area contributed by atoms with E-state index in [0.29, 0.717) is 11.3 Å². The molecule has 0 saturated carbocycles. The number of ether oxygens (including phenoxy) is 1. The maximum Gasteiger partial charge on any atom is 0.343 e. The Kier molecular flexibility index (Phi) is 3.68. The number of carbonyl (C=O) groups is 2. The standard InChI is InChI=1S/C18H12O5/c19-15-5-7-16(8-6-15)23-18(22)14-4-2-11-9-13(17(20)21)3-1-12(11)10-14/h1-10,19H,(H,20,21). The highest BCUT2D eigenvalue weighted by molar-refractivity contribution is 5.99. The second-order valence-electron chi connectivity index (χ2n) is 4.97. The second kappa shape index (κ2) is 5.81. The molecule has 0 aromatic heterocycles. The van der Waals surface area contributed by atoms with Gasteiger partial charge >= 0.3 is 11.9 Å². The Balaban J connectivity index is 1.87. The van der Waals surface area contributed by atoms with E-state index in [1.807, 2.05) is 0 Å². The molecule has 0 aliphatic rings. The smallest absolute Gasteiger partial charge is 0.343 e. The number of aromatic carboxylic acids is 1. The van der Waals surface area contributed by atoms with Crippen LogP contribution in [0, 0.1) is 0 Å². The Morgan fingerprint density at radius 2 is 1.35 bits per heavy atom. The molecule has 0 saturated heterocycles. The molecule has 5 heteroatoms. The van der Waals surface area contributed by atoms with Crippen molar-refractivity contribution in [1.29, 1.82) is 0 Å². The average Bonchev–Trinajstić information content (AvgIpc) is 2.55. The van der Waals surface area contributed by atoms with Crippen molar-refractivity contribution in [2.45, 2.75) is 0 Å². The van der Waals surface area contributed by atoms with Crippen LogP contribution in [0.5, 0.6) is 11.5 Å². The minimum Gasteiger partial charge on any atom is -0.508 e. The van der Waals surface area contributed by atoms with Gasteiger partial charge in [-0.2, -0.15) is 0 Å². The summed E-state index contributed by atoms with van der Waals surface area (Å²) < 4.78 is 5.22. The number of carboxylic acids is 1. The molecule has 0 fully saturated rings. The van der Waals surface area contributed by atoms with Crippen molar-refractivity contribution in [3.63, 3.8) is 0 Å². The van der Waals surface area contributed by atoms with Crippen molar-refractivity contribution in [2.75, 3.05) is 0 Å². The Morgan fingerprint density at radius 1 is 0.783 bits per heavy atom. The van der Waals surface area contributed by atoms with E-state index in [2.05, 4.69) is 0 Å². The third kappa shape index (κ3) is 3.13. The highest BCUT2D eigenvalue weighted by Gasteiger charge is 2.10. The topological polar surface area (TPSA) is 83.8 Å². The summed E-state index contributed by atoms with van der Waals surface area (Å²) in [5.41, 5.74) is 0.547. The lowest BCUT2D eigenvalue weighted by Crippen LogP contribution is -2.08. The fourth-order valence-corrected chi connectivity index (χ4v) is 2.19. The van der Waals surface area contributed by atoms with Gasteiger partial charge in [0.1, 0.15) is 11.5 Å². The van der Waals surface area contributed by atoms with Gasteiger partial charge in [-0.1, -0.05) is 12.1 Å². The van der Waals surface area contributed by atoms with Gasteiger partial charge in [0.25, 0.3) is 0 Å².